The normalized spacial score (nSPS) is 11.4. The summed E-state index contributed by atoms with van der Waals surface area (Å²) in [6.07, 6.45) is 0. The SMILES string of the molecule is CN=C(NCc1ccc([N+](=O)[O-])cc1)NCc1cc(Cl)c(Cl)n1C. The van der Waals surface area contributed by atoms with E-state index in [9.17, 15) is 10.1 Å². The lowest BCUT2D eigenvalue weighted by molar-refractivity contribution is -0.384. The van der Waals surface area contributed by atoms with Crippen LogP contribution < -0.4 is 10.6 Å². The summed E-state index contributed by atoms with van der Waals surface area (Å²) in [7, 11) is 3.49. The number of halogens is 2. The standard InChI is InChI=1S/C15H17Cl2N5O2/c1-18-15(20-9-12-7-13(16)14(17)21(12)2)19-8-10-3-5-11(6-4-10)22(23)24/h3-7H,8-9H2,1-2H3,(H2,18,19,20). The zero-order chi connectivity index (χ0) is 17.7. The van der Waals surface area contributed by atoms with Crippen molar-refractivity contribution in [1.29, 1.82) is 0 Å². The molecule has 0 bridgehead atoms. The van der Waals surface area contributed by atoms with Crippen LogP contribution in [-0.4, -0.2) is 22.5 Å². The van der Waals surface area contributed by atoms with E-state index in [2.05, 4.69) is 15.6 Å². The van der Waals surface area contributed by atoms with Crippen molar-refractivity contribution in [3.8, 4) is 0 Å². The number of hydrogen-bond acceptors (Lipinski definition) is 3. The molecule has 0 unspecified atom stereocenters. The molecule has 0 aliphatic heterocycles. The highest BCUT2D eigenvalue weighted by Crippen LogP contribution is 2.24. The molecule has 1 aromatic heterocycles. The quantitative estimate of drug-likeness (QED) is 0.367. The Labute approximate surface area is 149 Å². The average molecular weight is 370 g/mol. The van der Waals surface area contributed by atoms with Crippen LogP contribution in [0.5, 0.6) is 0 Å². The highest BCUT2D eigenvalue weighted by atomic mass is 35.5. The molecule has 0 aliphatic rings. The minimum absolute atomic E-state index is 0.0683. The van der Waals surface area contributed by atoms with E-state index in [0.717, 1.165) is 11.3 Å². The van der Waals surface area contributed by atoms with Gasteiger partial charge in [0, 0.05) is 38.5 Å². The van der Waals surface area contributed by atoms with Gasteiger partial charge in [0.15, 0.2) is 5.96 Å². The Balaban J connectivity index is 1.90. The lowest BCUT2D eigenvalue weighted by Crippen LogP contribution is -2.36. The Kier molecular flexibility index (Phi) is 6.05. The molecular formula is C15H17Cl2N5O2. The van der Waals surface area contributed by atoms with Crippen LogP contribution >= 0.6 is 23.2 Å². The molecule has 0 saturated carbocycles. The van der Waals surface area contributed by atoms with Crippen LogP contribution in [0, 0.1) is 10.1 Å². The zero-order valence-corrected chi connectivity index (χ0v) is 14.7. The number of non-ortho nitro benzene ring substituents is 1. The number of hydrogen-bond donors (Lipinski definition) is 2. The number of rotatable bonds is 5. The first-order chi connectivity index (χ1) is 11.4. The largest absolute Gasteiger partial charge is 0.352 e. The fourth-order valence-electron chi connectivity index (χ4n) is 2.07. The lowest BCUT2D eigenvalue weighted by Gasteiger charge is -2.12. The fraction of sp³-hybridized carbons (Fsp3) is 0.267. The average Bonchev–Trinajstić information content (AvgIpc) is 2.82. The zero-order valence-electron chi connectivity index (χ0n) is 13.2. The van der Waals surface area contributed by atoms with Gasteiger partial charge in [-0.2, -0.15) is 0 Å². The minimum Gasteiger partial charge on any atom is -0.352 e. The predicted molar refractivity (Wildman–Crippen MR) is 95.6 cm³/mol. The molecule has 1 heterocycles. The second kappa shape index (κ2) is 8.03. The fourth-order valence-corrected chi connectivity index (χ4v) is 2.49. The molecule has 1 aromatic carbocycles. The Morgan fingerprint density at radius 3 is 2.38 bits per heavy atom. The third-order valence-electron chi connectivity index (χ3n) is 3.48. The number of guanidine groups is 1. The second-order valence-corrected chi connectivity index (χ2v) is 5.80. The summed E-state index contributed by atoms with van der Waals surface area (Å²) in [6, 6.07) is 8.15. The molecule has 9 heteroatoms. The monoisotopic (exact) mass is 369 g/mol. The van der Waals surface area contributed by atoms with Crippen molar-refractivity contribution >= 4 is 34.8 Å². The van der Waals surface area contributed by atoms with E-state index in [0.29, 0.717) is 29.2 Å². The first-order valence-electron chi connectivity index (χ1n) is 7.09. The van der Waals surface area contributed by atoms with Crippen molar-refractivity contribution in [2.45, 2.75) is 13.1 Å². The van der Waals surface area contributed by atoms with Crippen molar-refractivity contribution in [3.63, 3.8) is 0 Å². The molecule has 0 spiro atoms. The smallest absolute Gasteiger partial charge is 0.269 e. The number of aromatic nitrogens is 1. The van der Waals surface area contributed by atoms with Gasteiger partial charge in [0.05, 0.1) is 16.5 Å². The van der Waals surface area contributed by atoms with Crippen LogP contribution in [0.3, 0.4) is 0 Å². The van der Waals surface area contributed by atoms with Gasteiger partial charge in [-0.1, -0.05) is 35.3 Å². The molecule has 0 radical (unpaired) electrons. The van der Waals surface area contributed by atoms with E-state index in [1.54, 1.807) is 29.8 Å². The number of nitrogens with one attached hydrogen (secondary N) is 2. The van der Waals surface area contributed by atoms with Crippen LogP contribution in [0.15, 0.2) is 35.3 Å². The highest BCUT2D eigenvalue weighted by molar-refractivity contribution is 6.41. The Morgan fingerprint density at radius 1 is 1.25 bits per heavy atom. The maximum atomic E-state index is 10.6. The van der Waals surface area contributed by atoms with Crippen molar-refractivity contribution in [2.24, 2.45) is 12.0 Å². The second-order valence-electron chi connectivity index (χ2n) is 5.04. The number of nitro groups is 1. The van der Waals surface area contributed by atoms with Crippen molar-refractivity contribution < 1.29 is 4.92 Å². The summed E-state index contributed by atoms with van der Waals surface area (Å²) in [5.74, 6) is 0.599. The summed E-state index contributed by atoms with van der Waals surface area (Å²) >= 11 is 12.0. The van der Waals surface area contributed by atoms with Gasteiger partial charge < -0.3 is 15.2 Å². The maximum Gasteiger partial charge on any atom is 0.269 e. The number of nitrogens with zero attached hydrogens (tertiary/aromatic N) is 3. The van der Waals surface area contributed by atoms with Gasteiger partial charge in [-0.25, -0.2) is 0 Å². The molecule has 0 saturated heterocycles. The molecular weight excluding hydrogens is 353 g/mol. The Hall–Kier alpha value is -2.25. The van der Waals surface area contributed by atoms with Gasteiger partial charge in [-0.15, -0.1) is 0 Å². The van der Waals surface area contributed by atoms with E-state index < -0.39 is 4.92 Å². The topological polar surface area (TPSA) is 84.5 Å². The van der Waals surface area contributed by atoms with Gasteiger partial charge in [0.2, 0.25) is 0 Å². The number of nitro benzene ring substituents is 1. The molecule has 128 valence electrons. The van der Waals surface area contributed by atoms with Crippen molar-refractivity contribution in [3.05, 3.63) is 61.9 Å². The molecule has 0 atom stereocenters. The predicted octanol–water partition coefficient (Wildman–Crippen LogP) is 3.11. The van der Waals surface area contributed by atoms with E-state index in [1.807, 2.05) is 7.05 Å². The van der Waals surface area contributed by atoms with Crippen molar-refractivity contribution in [2.75, 3.05) is 7.05 Å². The summed E-state index contributed by atoms with van der Waals surface area (Å²) in [5, 5.41) is 17.9. The third kappa shape index (κ3) is 4.39. The molecule has 0 aliphatic carbocycles. The van der Waals surface area contributed by atoms with Crippen molar-refractivity contribution in [1.82, 2.24) is 15.2 Å². The van der Waals surface area contributed by atoms with E-state index in [-0.39, 0.29) is 5.69 Å². The van der Waals surface area contributed by atoms with E-state index in [1.165, 1.54) is 12.1 Å². The molecule has 0 amide bonds. The first-order valence-corrected chi connectivity index (χ1v) is 7.85. The van der Waals surface area contributed by atoms with Crippen LogP contribution in [-0.2, 0) is 20.1 Å². The van der Waals surface area contributed by atoms with Crippen LogP contribution in [0.2, 0.25) is 10.2 Å². The van der Waals surface area contributed by atoms with Gasteiger partial charge >= 0.3 is 0 Å². The Morgan fingerprint density at radius 2 is 1.88 bits per heavy atom. The number of benzene rings is 1. The van der Waals surface area contributed by atoms with Gasteiger partial charge in [-0.3, -0.25) is 15.1 Å². The first kappa shape index (κ1) is 18.1. The number of aliphatic imine (C=N–C) groups is 1. The molecule has 2 N–H and O–H groups in total. The van der Waals surface area contributed by atoms with Gasteiger partial charge in [0.1, 0.15) is 5.15 Å². The van der Waals surface area contributed by atoms with Gasteiger partial charge in [0.25, 0.3) is 5.69 Å². The van der Waals surface area contributed by atoms with Crippen LogP contribution in [0.1, 0.15) is 11.3 Å². The van der Waals surface area contributed by atoms with Crippen LogP contribution in [0.25, 0.3) is 0 Å². The molecule has 2 rings (SSSR count). The van der Waals surface area contributed by atoms with Gasteiger partial charge in [-0.05, 0) is 11.6 Å². The maximum absolute atomic E-state index is 10.6. The molecule has 24 heavy (non-hydrogen) atoms. The van der Waals surface area contributed by atoms with E-state index in [4.69, 9.17) is 23.2 Å². The lowest BCUT2D eigenvalue weighted by atomic mass is 10.2. The summed E-state index contributed by atoms with van der Waals surface area (Å²) < 4.78 is 1.79. The molecule has 7 nitrogen and oxygen atoms in total. The Bertz CT molecular complexity index is 756. The minimum atomic E-state index is -0.423. The van der Waals surface area contributed by atoms with E-state index >= 15 is 0 Å². The highest BCUT2D eigenvalue weighted by Gasteiger charge is 2.09. The summed E-state index contributed by atoms with van der Waals surface area (Å²) in [6.45, 7) is 0.995. The third-order valence-corrected chi connectivity index (χ3v) is 4.33. The summed E-state index contributed by atoms with van der Waals surface area (Å²) in [5.41, 5.74) is 1.90. The molecule has 0 fully saturated rings. The molecule has 2 aromatic rings. The van der Waals surface area contributed by atoms with Crippen LogP contribution in [0.4, 0.5) is 5.69 Å². The summed E-state index contributed by atoms with van der Waals surface area (Å²) in [4.78, 5) is 14.3.